The lowest BCUT2D eigenvalue weighted by molar-refractivity contribution is -0.140. The highest BCUT2D eigenvalue weighted by atomic mass is 16.5. The number of carbonyl (C=O) groups is 2. The Balaban J connectivity index is 1.50. The van der Waals surface area contributed by atoms with Gasteiger partial charge < -0.3 is 15.0 Å². The number of nitrogens with one attached hydrogen (secondary N) is 1. The predicted molar refractivity (Wildman–Crippen MR) is 135 cm³/mol. The van der Waals surface area contributed by atoms with E-state index in [1.54, 1.807) is 11.8 Å². The van der Waals surface area contributed by atoms with Crippen molar-refractivity contribution in [2.45, 2.75) is 59.1 Å². The Hall–Kier alpha value is -3.41. The molecule has 178 valence electrons. The van der Waals surface area contributed by atoms with Gasteiger partial charge in [0.25, 0.3) is 5.91 Å². The molecule has 0 spiro atoms. The van der Waals surface area contributed by atoms with E-state index in [9.17, 15) is 9.59 Å². The van der Waals surface area contributed by atoms with Crippen LogP contribution in [0.4, 0.5) is 0 Å². The van der Waals surface area contributed by atoms with Crippen LogP contribution in [0.15, 0.2) is 48.7 Å². The number of benzene rings is 2. The number of fused-ring (bicyclic) bond motifs is 1. The van der Waals surface area contributed by atoms with Gasteiger partial charge in [-0.05, 0) is 74.1 Å². The van der Waals surface area contributed by atoms with Gasteiger partial charge in [-0.1, -0.05) is 25.1 Å². The van der Waals surface area contributed by atoms with Gasteiger partial charge >= 0.3 is 0 Å². The third-order valence-electron chi connectivity index (χ3n) is 6.54. The first-order chi connectivity index (χ1) is 16.4. The molecular weight excluding hydrogens is 426 g/mol. The summed E-state index contributed by atoms with van der Waals surface area (Å²) in [5.41, 5.74) is 5.65. The number of carbonyl (C=O) groups excluding carboxylic acids is 2. The smallest absolute Gasteiger partial charge is 0.263 e. The summed E-state index contributed by atoms with van der Waals surface area (Å²) in [4.78, 5) is 31.2. The molecule has 6 heteroatoms. The van der Waals surface area contributed by atoms with Crippen LogP contribution < -0.4 is 10.1 Å². The monoisotopic (exact) mass is 459 g/mol. The molecule has 2 amide bonds. The first-order valence-corrected chi connectivity index (χ1v) is 12.1. The Kier molecular flexibility index (Phi) is 7.15. The van der Waals surface area contributed by atoms with Crippen molar-refractivity contribution in [2.24, 2.45) is 0 Å². The normalized spacial score (nSPS) is 16.8. The molecule has 4 rings (SSSR count). The molecular formula is C28H33N3O3. The number of ether oxygens (including phenoxy) is 1. The van der Waals surface area contributed by atoms with Crippen molar-refractivity contribution in [1.82, 2.24) is 15.2 Å². The van der Waals surface area contributed by atoms with Crippen LogP contribution in [0.2, 0.25) is 0 Å². The second kappa shape index (κ2) is 10.2. The number of hydrogen-bond acceptors (Lipinski definition) is 4. The average molecular weight is 460 g/mol. The molecule has 1 aliphatic heterocycles. The average Bonchev–Trinajstić information content (AvgIpc) is 2.83. The molecule has 2 atom stereocenters. The summed E-state index contributed by atoms with van der Waals surface area (Å²) >= 11 is 0. The highest BCUT2D eigenvalue weighted by molar-refractivity contribution is 5.96. The third kappa shape index (κ3) is 5.06. The van der Waals surface area contributed by atoms with E-state index >= 15 is 0 Å². The first-order valence-electron chi connectivity index (χ1n) is 12.1. The van der Waals surface area contributed by atoms with E-state index in [0.717, 1.165) is 29.3 Å². The number of piperidine rings is 1. The lowest BCUT2D eigenvalue weighted by Crippen LogP contribution is -2.52. The molecule has 3 aromatic rings. The molecule has 0 bridgehead atoms. The predicted octanol–water partition coefficient (Wildman–Crippen LogP) is 4.80. The number of nitrogens with zero attached hydrogens (tertiary/aromatic N) is 2. The van der Waals surface area contributed by atoms with E-state index in [-0.39, 0.29) is 17.9 Å². The number of hydrogen-bond donors (Lipinski definition) is 1. The van der Waals surface area contributed by atoms with Crippen molar-refractivity contribution in [3.05, 3.63) is 59.8 Å². The van der Waals surface area contributed by atoms with Crippen LogP contribution >= 0.6 is 0 Å². The molecule has 0 aliphatic carbocycles. The van der Waals surface area contributed by atoms with Crippen LogP contribution in [0.5, 0.6) is 5.75 Å². The molecule has 1 N–H and O–H groups in total. The van der Waals surface area contributed by atoms with Gasteiger partial charge in [-0.2, -0.15) is 0 Å². The van der Waals surface area contributed by atoms with Gasteiger partial charge in [0.1, 0.15) is 5.75 Å². The number of rotatable bonds is 6. The third-order valence-corrected chi connectivity index (χ3v) is 6.54. The van der Waals surface area contributed by atoms with Gasteiger partial charge in [-0.3, -0.25) is 14.6 Å². The maximum Gasteiger partial charge on any atom is 0.263 e. The second-order valence-electron chi connectivity index (χ2n) is 9.11. The van der Waals surface area contributed by atoms with Gasteiger partial charge in [-0.15, -0.1) is 0 Å². The van der Waals surface area contributed by atoms with E-state index in [4.69, 9.17) is 4.74 Å². The van der Waals surface area contributed by atoms with Crippen LogP contribution in [0.25, 0.3) is 22.0 Å². The second-order valence-corrected chi connectivity index (χ2v) is 9.11. The molecule has 0 unspecified atom stereocenters. The van der Waals surface area contributed by atoms with Gasteiger partial charge in [0.2, 0.25) is 5.91 Å². The van der Waals surface area contributed by atoms with Crippen LogP contribution in [0.1, 0.15) is 44.2 Å². The number of aryl methyl sites for hydroxylation is 2. The minimum absolute atomic E-state index is 0.00513. The van der Waals surface area contributed by atoms with Crippen molar-refractivity contribution in [3.63, 3.8) is 0 Å². The lowest BCUT2D eigenvalue weighted by atomic mass is 9.93. The fraction of sp³-hybridized carbons (Fsp3) is 0.393. The zero-order chi connectivity index (χ0) is 24.2. The SMILES string of the molecule is CCC(=O)N[C@H]1CCCN(C(=O)[C@@H](C)Oc2ccc3c(-c4c(C)cccc4C)ccnc3c2)C1. The van der Waals surface area contributed by atoms with E-state index in [1.807, 2.05) is 31.3 Å². The van der Waals surface area contributed by atoms with Gasteiger partial charge in [-0.25, -0.2) is 0 Å². The number of likely N-dealkylation sites (tertiary alicyclic amines) is 1. The minimum Gasteiger partial charge on any atom is -0.481 e. The van der Waals surface area contributed by atoms with Crippen LogP contribution in [-0.4, -0.2) is 46.9 Å². The molecule has 2 heterocycles. The van der Waals surface area contributed by atoms with E-state index in [2.05, 4.69) is 48.4 Å². The molecule has 0 saturated carbocycles. The fourth-order valence-electron chi connectivity index (χ4n) is 4.80. The van der Waals surface area contributed by atoms with E-state index in [0.29, 0.717) is 25.3 Å². The van der Waals surface area contributed by atoms with E-state index < -0.39 is 6.10 Å². The van der Waals surface area contributed by atoms with Crippen LogP contribution in [-0.2, 0) is 9.59 Å². The van der Waals surface area contributed by atoms with Gasteiger partial charge in [0.15, 0.2) is 6.10 Å². The summed E-state index contributed by atoms with van der Waals surface area (Å²) in [6, 6.07) is 14.2. The van der Waals surface area contributed by atoms with Crippen molar-refractivity contribution in [3.8, 4) is 16.9 Å². The summed E-state index contributed by atoms with van der Waals surface area (Å²) < 4.78 is 6.05. The van der Waals surface area contributed by atoms with Crippen LogP contribution in [0, 0.1) is 13.8 Å². The van der Waals surface area contributed by atoms with Crippen molar-refractivity contribution < 1.29 is 14.3 Å². The zero-order valence-corrected chi connectivity index (χ0v) is 20.4. The summed E-state index contributed by atoms with van der Waals surface area (Å²) in [5.74, 6) is 0.577. The maximum absolute atomic E-state index is 13.1. The standard InChI is InChI=1S/C28H33N3O3/c1-5-26(32)30-21-10-7-15-31(17-21)28(33)20(4)34-22-11-12-23-24(13-14-29-25(23)16-22)27-18(2)8-6-9-19(27)3/h6,8-9,11-14,16,20-21H,5,7,10,15,17H2,1-4H3,(H,30,32)/t20-,21+/m1/s1. The lowest BCUT2D eigenvalue weighted by Gasteiger charge is -2.34. The first kappa shape index (κ1) is 23.7. The Morgan fingerprint density at radius 3 is 2.68 bits per heavy atom. The van der Waals surface area contributed by atoms with E-state index in [1.165, 1.54) is 16.7 Å². The molecule has 1 saturated heterocycles. The fourth-order valence-corrected chi connectivity index (χ4v) is 4.80. The Labute approximate surface area is 201 Å². The molecule has 1 aromatic heterocycles. The van der Waals surface area contributed by atoms with Crippen LogP contribution in [0.3, 0.4) is 0 Å². The maximum atomic E-state index is 13.1. The minimum atomic E-state index is -0.625. The summed E-state index contributed by atoms with van der Waals surface area (Å²) in [6.07, 6.45) is 3.41. The molecule has 2 aromatic carbocycles. The summed E-state index contributed by atoms with van der Waals surface area (Å²) in [5, 5.41) is 4.06. The topological polar surface area (TPSA) is 71.5 Å². The summed E-state index contributed by atoms with van der Waals surface area (Å²) in [6.45, 7) is 9.07. The zero-order valence-electron chi connectivity index (χ0n) is 20.4. The Morgan fingerprint density at radius 1 is 1.18 bits per heavy atom. The molecule has 0 radical (unpaired) electrons. The quantitative estimate of drug-likeness (QED) is 0.575. The highest BCUT2D eigenvalue weighted by Crippen LogP contribution is 2.34. The van der Waals surface area contributed by atoms with Crippen molar-refractivity contribution in [2.75, 3.05) is 13.1 Å². The van der Waals surface area contributed by atoms with Gasteiger partial charge in [0.05, 0.1) is 5.52 Å². The molecule has 34 heavy (non-hydrogen) atoms. The molecule has 6 nitrogen and oxygen atoms in total. The molecule has 1 fully saturated rings. The molecule has 1 aliphatic rings. The van der Waals surface area contributed by atoms with Crippen molar-refractivity contribution >= 4 is 22.7 Å². The summed E-state index contributed by atoms with van der Waals surface area (Å²) in [7, 11) is 0. The number of amides is 2. The van der Waals surface area contributed by atoms with Gasteiger partial charge in [0, 0.05) is 43.2 Å². The Bertz CT molecular complexity index is 1190. The van der Waals surface area contributed by atoms with Crippen molar-refractivity contribution in [1.29, 1.82) is 0 Å². The number of aromatic nitrogens is 1. The highest BCUT2D eigenvalue weighted by Gasteiger charge is 2.28. The number of pyridine rings is 1. The Morgan fingerprint density at radius 2 is 1.94 bits per heavy atom. The largest absolute Gasteiger partial charge is 0.481 e.